The normalized spacial score (nSPS) is 47.3. The molecule has 652 valence electrons. The van der Waals surface area contributed by atoms with Gasteiger partial charge in [0.25, 0.3) is 0 Å². The molecule has 6 N–H and O–H groups in total. The summed E-state index contributed by atoms with van der Waals surface area (Å²) in [6, 6.07) is 11.9. The standard InChI is InChI=1S/C83H130N2O28S2/c1-20-53-61(86)71(63(88)80(99-53)104-65-38(7)36-37-95-55(65)22-3)109-78-59(84-114(91,92)51-32-28-26-29-33-51)69(107-75-45(14)39(8)42(11)48(17)96-75)66(56(23-4)101-78)105-81-64(89)72(62(87)54(21-2)100-81)110-79-60(85-115(93,94)52-34-30-27-31-35-52)70(108-76-46(15)40(9)43(12)49(18)97-76)67(57(24-5)102-79)106-82-74(73-68(58(25-6)103-82)112-83(90)113-73)111-77-47(16)41(10)44(13)50(19)98-77/h26-50,53-82,84-89H,20-25H2,1-19H3/t38?,39?,40?,41?,42-,43-,44?,45?,46?,47?,48?,49?,50-,53?,54?,55?,56?,57?,58?,59?,60?,61-,62-,63?,64?,65-,66+,67+,68-,69?,70?,71?,72?,73?,74?,75-,76-,77-,78-,79-,80-,81-,82-/m0/s1. The fourth-order valence-electron chi connectivity index (χ4n) is 18.2. The van der Waals surface area contributed by atoms with Crippen LogP contribution in [0, 0.1) is 59.2 Å². The van der Waals surface area contributed by atoms with Crippen molar-refractivity contribution in [3.8, 4) is 0 Å². The molecule has 9 saturated heterocycles. The summed E-state index contributed by atoms with van der Waals surface area (Å²) >= 11 is 0. The van der Waals surface area contributed by atoms with Crippen molar-refractivity contribution in [3.63, 3.8) is 0 Å². The molecular formula is C83H130N2O28S2. The summed E-state index contributed by atoms with van der Waals surface area (Å²) in [4.78, 5) is 13.0. The van der Waals surface area contributed by atoms with E-state index in [9.17, 15) is 25.2 Å². The van der Waals surface area contributed by atoms with Gasteiger partial charge in [0.2, 0.25) is 20.0 Å². The summed E-state index contributed by atoms with van der Waals surface area (Å²) in [5, 5.41) is 51.2. The van der Waals surface area contributed by atoms with Crippen LogP contribution in [0.5, 0.6) is 0 Å². The Morgan fingerprint density at radius 1 is 0.330 bits per heavy atom. The first-order chi connectivity index (χ1) is 54.7. The predicted octanol–water partition coefficient (Wildman–Crippen LogP) is 8.70. The first-order valence-corrected chi connectivity index (χ1v) is 45.2. The number of hydrogen-bond acceptors (Lipinski definition) is 28. The summed E-state index contributed by atoms with van der Waals surface area (Å²) in [6.07, 6.45) is -33.9. The molecule has 0 bridgehead atoms. The molecule has 0 spiro atoms. The second kappa shape index (κ2) is 38.4. The van der Waals surface area contributed by atoms with Crippen molar-refractivity contribution in [2.45, 2.75) is 383 Å². The Labute approximate surface area is 679 Å². The number of ether oxygens (including phenoxy) is 19. The molecule has 26 unspecified atom stereocenters. The van der Waals surface area contributed by atoms with Crippen LogP contribution in [-0.4, -0.2) is 246 Å². The second-order valence-electron chi connectivity index (χ2n) is 34.0. The molecule has 0 saturated carbocycles. The molecule has 9 fully saturated rings. The van der Waals surface area contributed by atoms with E-state index < -0.39 is 211 Å². The summed E-state index contributed by atoms with van der Waals surface area (Å²) in [5.41, 5.74) is 0. The van der Waals surface area contributed by atoms with Gasteiger partial charge in [-0.05, 0) is 125 Å². The maximum Gasteiger partial charge on any atom is 0.509 e. The van der Waals surface area contributed by atoms with E-state index in [1.165, 1.54) is 24.3 Å². The Balaban J connectivity index is 0.935. The lowest BCUT2D eigenvalue weighted by molar-refractivity contribution is -0.395. The largest absolute Gasteiger partial charge is 0.509 e. The zero-order valence-electron chi connectivity index (χ0n) is 69.9. The molecule has 12 rings (SSSR count). The van der Waals surface area contributed by atoms with Crippen LogP contribution in [0.1, 0.15) is 170 Å². The average molecular weight is 1670 g/mol. The lowest BCUT2D eigenvalue weighted by Crippen LogP contribution is -2.71. The summed E-state index contributed by atoms with van der Waals surface area (Å²) in [7, 11) is -9.28. The summed E-state index contributed by atoms with van der Waals surface area (Å²) in [5.74, 6) is -0.722. The van der Waals surface area contributed by atoms with Crippen LogP contribution in [0.2, 0.25) is 0 Å². The number of rotatable bonds is 28. The van der Waals surface area contributed by atoms with E-state index in [-0.39, 0.29) is 113 Å². The first-order valence-electron chi connectivity index (χ1n) is 42.2. The number of nitrogens with one attached hydrogen (secondary N) is 2. The number of carbonyl (C=O) groups excluding carboxylic acids is 1. The van der Waals surface area contributed by atoms with Gasteiger partial charge in [-0.3, -0.25) is 0 Å². The van der Waals surface area contributed by atoms with Crippen LogP contribution in [0.3, 0.4) is 0 Å². The number of sulfonamides is 2. The highest BCUT2D eigenvalue weighted by Crippen LogP contribution is 2.47. The quantitative estimate of drug-likeness (QED) is 0.0434. The number of fused-ring (bicyclic) bond motifs is 1. The Bertz CT molecular complexity index is 3690. The number of aliphatic hydroxyl groups excluding tert-OH is 4. The fraction of sp³-hybridized carbons (Fsp3) is 0.819. The van der Waals surface area contributed by atoms with E-state index in [0.29, 0.717) is 12.8 Å². The highest BCUT2D eigenvalue weighted by atomic mass is 32.2. The van der Waals surface area contributed by atoms with Crippen molar-refractivity contribution in [3.05, 3.63) is 73.0 Å². The molecule has 10 aliphatic rings. The van der Waals surface area contributed by atoms with Crippen molar-refractivity contribution >= 4 is 26.2 Å². The number of hydrogen-bond donors (Lipinski definition) is 6. The molecule has 0 amide bonds. The van der Waals surface area contributed by atoms with Crippen LogP contribution in [0.4, 0.5) is 4.79 Å². The van der Waals surface area contributed by atoms with Crippen molar-refractivity contribution in [1.29, 1.82) is 0 Å². The molecule has 10 aliphatic heterocycles. The van der Waals surface area contributed by atoms with Crippen LogP contribution < -0.4 is 9.44 Å². The van der Waals surface area contributed by atoms with Gasteiger partial charge in [-0.1, -0.05) is 147 Å². The van der Waals surface area contributed by atoms with Gasteiger partial charge in [0.15, 0.2) is 68.6 Å². The van der Waals surface area contributed by atoms with E-state index in [1.54, 1.807) is 63.4 Å². The Morgan fingerprint density at radius 3 is 1.05 bits per heavy atom. The van der Waals surface area contributed by atoms with Crippen LogP contribution in [-0.2, 0) is 110 Å². The van der Waals surface area contributed by atoms with Gasteiger partial charge in [-0.2, -0.15) is 0 Å². The maximum atomic E-state index is 15.4. The maximum absolute atomic E-state index is 15.4. The van der Waals surface area contributed by atoms with Crippen molar-refractivity contribution in [2.75, 3.05) is 0 Å². The van der Waals surface area contributed by atoms with E-state index in [4.69, 9.17) is 90.0 Å². The van der Waals surface area contributed by atoms with Gasteiger partial charge in [-0.25, -0.2) is 31.1 Å². The van der Waals surface area contributed by atoms with Gasteiger partial charge in [0.1, 0.15) is 91.4 Å². The van der Waals surface area contributed by atoms with Gasteiger partial charge >= 0.3 is 6.16 Å². The van der Waals surface area contributed by atoms with Crippen LogP contribution >= 0.6 is 0 Å². The molecule has 115 heavy (non-hydrogen) atoms. The molecule has 30 nitrogen and oxygen atoms in total. The highest BCUT2D eigenvalue weighted by Gasteiger charge is 2.63. The fourth-order valence-corrected chi connectivity index (χ4v) is 20.7. The van der Waals surface area contributed by atoms with Crippen molar-refractivity contribution in [2.24, 2.45) is 59.2 Å². The van der Waals surface area contributed by atoms with Crippen LogP contribution in [0.25, 0.3) is 0 Å². The minimum Gasteiger partial charge on any atom is -0.496 e. The average Bonchev–Trinajstić information content (AvgIpc) is 1.74. The van der Waals surface area contributed by atoms with Crippen molar-refractivity contribution < 1.29 is 132 Å². The van der Waals surface area contributed by atoms with E-state index >= 15 is 16.8 Å². The molecule has 2 aromatic carbocycles. The Hall–Kier alpha value is -3.73. The molecule has 0 radical (unpaired) electrons. The SMILES string of the molecule is CCC1O[C@@H](O[C@@H]2C(CC)O[C@@H](OC3C(O)[C@H](O[C@H]4C(C)C=COC4CC)OC(CC)[C@@H]3O)C(NS(=O)(=O)c3ccccc3)C2O[C@@H]2OC(C)[C@@H](C)C(C)C2C)C(O)C(O[C@@H]2OC(CC)[C@@H](O[C@@H]3OC(CC)[C@@H]4OC(=O)OC4C3O[C@@H]3O[C@@H](C)C(C)C(C)C3C)C(O[C@@H]3OC(C)[C@@H](C)C(C)C3C)C2NS(=O)(=O)c2ccccc2)[C@H]1O. The molecule has 2 aromatic rings. The Morgan fingerprint density at radius 2 is 0.661 bits per heavy atom. The van der Waals surface area contributed by atoms with E-state index in [2.05, 4.69) is 51.0 Å². The summed E-state index contributed by atoms with van der Waals surface area (Å²) in [6.45, 7) is 37.3. The third-order valence-corrected chi connectivity index (χ3v) is 30.1. The predicted molar refractivity (Wildman–Crippen MR) is 413 cm³/mol. The third-order valence-electron chi connectivity index (χ3n) is 27.1. The smallest absolute Gasteiger partial charge is 0.496 e. The zero-order valence-corrected chi connectivity index (χ0v) is 71.5. The van der Waals surface area contributed by atoms with Gasteiger partial charge in [0, 0.05) is 23.7 Å². The zero-order chi connectivity index (χ0) is 83.1. The van der Waals surface area contributed by atoms with Gasteiger partial charge in [-0.15, -0.1) is 0 Å². The minimum atomic E-state index is -4.65. The van der Waals surface area contributed by atoms with E-state index in [1.807, 2.05) is 75.3 Å². The Kier molecular flexibility index (Phi) is 30.2. The molecular weight excluding hydrogens is 1540 g/mol. The van der Waals surface area contributed by atoms with E-state index in [0.717, 1.165) is 0 Å². The lowest BCUT2D eigenvalue weighted by Gasteiger charge is -2.53. The number of benzene rings is 2. The monoisotopic (exact) mass is 1670 g/mol. The molecule has 0 aromatic heterocycles. The first kappa shape index (κ1) is 90.5. The molecule has 0 aliphatic carbocycles. The van der Waals surface area contributed by atoms with Gasteiger partial charge < -0.3 is 110 Å². The molecule has 10 heterocycles. The van der Waals surface area contributed by atoms with Crippen LogP contribution in [0.15, 0.2) is 82.8 Å². The summed E-state index contributed by atoms with van der Waals surface area (Å²) < 4.78 is 196. The van der Waals surface area contributed by atoms with Crippen molar-refractivity contribution in [1.82, 2.24) is 9.44 Å². The topological polar surface area (TPSA) is 366 Å². The lowest BCUT2D eigenvalue weighted by atomic mass is 9.79. The second-order valence-corrected chi connectivity index (χ2v) is 37.4. The minimum absolute atomic E-state index is 0.00746. The number of carbonyl (C=O) groups is 1. The highest BCUT2D eigenvalue weighted by molar-refractivity contribution is 7.89. The molecule has 32 heteroatoms. The molecule has 43 atom stereocenters. The number of aliphatic hydroxyl groups is 4. The van der Waals surface area contributed by atoms with Gasteiger partial charge in [0.05, 0.1) is 58.8 Å². The third kappa shape index (κ3) is 19.1.